The zero-order valence-corrected chi connectivity index (χ0v) is 10.8. The first-order valence-corrected chi connectivity index (χ1v) is 7.64. The van der Waals surface area contributed by atoms with E-state index in [4.69, 9.17) is 10.7 Å². The molecule has 1 rings (SSSR count). The lowest BCUT2D eigenvalue weighted by atomic mass is 10.2. The summed E-state index contributed by atoms with van der Waals surface area (Å²) < 4.78 is 21.4. The number of nitrogens with zero attached hydrogens (tertiary/aromatic N) is 2. The van der Waals surface area contributed by atoms with Crippen LogP contribution in [-0.2, 0) is 13.8 Å². The number of anilines is 1. The fraction of sp³-hybridized carbons (Fsp3) is 0.571. The molecular weight excluding hydrogens is 274 g/mol. The van der Waals surface area contributed by atoms with Gasteiger partial charge in [-0.15, -0.1) is 10.2 Å². The second-order valence-corrected chi connectivity index (χ2v) is 6.68. The van der Waals surface area contributed by atoms with E-state index in [2.05, 4.69) is 15.5 Å². The number of carbonyl (C=O) groups is 1. The van der Waals surface area contributed by atoms with Crippen LogP contribution in [0.15, 0.2) is 4.34 Å². The van der Waals surface area contributed by atoms with E-state index in [0.29, 0.717) is 6.42 Å². The predicted octanol–water partition coefficient (Wildman–Crippen LogP) is 1.59. The molecule has 0 radical (unpaired) electrons. The van der Waals surface area contributed by atoms with Crippen LogP contribution < -0.4 is 5.32 Å². The van der Waals surface area contributed by atoms with E-state index >= 15 is 0 Å². The van der Waals surface area contributed by atoms with Crippen molar-refractivity contribution in [1.29, 1.82) is 0 Å². The van der Waals surface area contributed by atoms with Crippen molar-refractivity contribution in [3.05, 3.63) is 0 Å². The quantitative estimate of drug-likeness (QED) is 0.655. The van der Waals surface area contributed by atoms with Gasteiger partial charge < -0.3 is 5.32 Å². The summed E-state index contributed by atoms with van der Waals surface area (Å²) in [6.45, 7) is 1.97. The number of hydrogen-bond donors (Lipinski definition) is 1. The Labute approximate surface area is 101 Å². The van der Waals surface area contributed by atoms with Crippen LogP contribution in [0, 0.1) is 0 Å². The second-order valence-electron chi connectivity index (χ2n) is 2.96. The summed E-state index contributed by atoms with van der Waals surface area (Å²) in [5.41, 5.74) is 0. The smallest absolute Gasteiger partial charge is 0.290 e. The average Bonchev–Trinajstić information content (AvgIpc) is 2.62. The molecule has 0 unspecified atom stereocenters. The molecule has 0 aliphatic carbocycles. The highest BCUT2D eigenvalue weighted by molar-refractivity contribution is 8.15. The van der Waals surface area contributed by atoms with Crippen LogP contribution in [0.4, 0.5) is 5.13 Å². The van der Waals surface area contributed by atoms with Gasteiger partial charge >= 0.3 is 0 Å². The van der Waals surface area contributed by atoms with Crippen molar-refractivity contribution in [2.24, 2.45) is 0 Å². The maximum absolute atomic E-state index is 11.3. The summed E-state index contributed by atoms with van der Waals surface area (Å²) in [7, 11) is 1.19. The molecule has 16 heavy (non-hydrogen) atoms. The standard InChI is InChI=1S/C7H10ClN3O3S2/c1-2-3-4-5(12)9-6-10-11-7(15-6)16(8,13)14/h2-4H2,1H3,(H,9,10,12). The van der Waals surface area contributed by atoms with Gasteiger partial charge in [-0.3, -0.25) is 4.79 Å². The van der Waals surface area contributed by atoms with Gasteiger partial charge in [0.2, 0.25) is 15.4 Å². The van der Waals surface area contributed by atoms with Crippen molar-refractivity contribution in [2.75, 3.05) is 5.32 Å². The van der Waals surface area contributed by atoms with Crippen molar-refractivity contribution in [2.45, 2.75) is 30.5 Å². The minimum atomic E-state index is -3.87. The molecule has 1 aromatic heterocycles. The van der Waals surface area contributed by atoms with Gasteiger partial charge in [-0.1, -0.05) is 24.7 Å². The van der Waals surface area contributed by atoms with Gasteiger partial charge in [0.05, 0.1) is 0 Å². The molecule has 0 aliphatic rings. The Morgan fingerprint density at radius 3 is 2.69 bits per heavy atom. The van der Waals surface area contributed by atoms with Crippen LogP contribution in [0.2, 0.25) is 0 Å². The van der Waals surface area contributed by atoms with E-state index in [9.17, 15) is 13.2 Å². The Balaban J connectivity index is 2.63. The molecule has 90 valence electrons. The van der Waals surface area contributed by atoms with E-state index in [1.807, 2.05) is 6.92 Å². The number of nitrogens with one attached hydrogen (secondary N) is 1. The van der Waals surface area contributed by atoms with Crippen molar-refractivity contribution in [1.82, 2.24) is 10.2 Å². The first kappa shape index (κ1) is 13.3. The third-order valence-corrected chi connectivity index (χ3v) is 4.37. The Morgan fingerprint density at radius 2 is 2.19 bits per heavy atom. The van der Waals surface area contributed by atoms with Gasteiger partial charge in [0.15, 0.2) is 0 Å². The van der Waals surface area contributed by atoms with Gasteiger partial charge in [-0.25, -0.2) is 8.42 Å². The van der Waals surface area contributed by atoms with Crippen molar-refractivity contribution in [3.63, 3.8) is 0 Å². The Bertz CT molecular complexity index is 471. The van der Waals surface area contributed by atoms with E-state index in [1.54, 1.807) is 0 Å². The van der Waals surface area contributed by atoms with Gasteiger partial charge in [0, 0.05) is 17.1 Å². The average molecular weight is 284 g/mol. The highest BCUT2D eigenvalue weighted by atomic mass is 35.7. The summed E-state index contributed by atoms with van der Waals surface area (Å²) in [6, 6.07) is 0. The zero-order chi connectivity index (χ0) is 12.2. The Morgan fingerprint density at radius 1 is 1.50 bits per heavy atom. The monoisotopic (exact) mass is 283 g/mol. The number of hydrogen-bond acceptors (Lipinski definition) is 6. The summed E-state index contributed by atoms with van der Waals surface area (Å²) in [5.74, 6) is -0.212. The second kappa shape index (κ2) is 5.55. The number of carbonyl (C=O) groups excluding carboxylic acids is 1. The van der Waals surface area contributed by atoms with E-state index in [0.717, 1.165) is 24.2 Å². The SMILES string of the molecule is CCCCC(=O)Nc1nnc(S(=O)(=O)Cl)s1. The molecule has 0 spiro atoms. The Hall–Kier alpha value is -0.730. The van der Waals surface area contributed by atoms with Crippen LogP contribution in [0.1, 0.15) is 26.2 Å². The molecule has 0 bridgehead atoms. The number of halogens is 1. The van der Waals surface area contributed by atoms with Gasteiger partial charge in [0.25, 0.3) is 9.05 Å². The third-order valence-electron chi connectivity index (χ3n) is 1.62. The van der Waals surface area contributed by atoms with E-state index < -0.39 is 9.05 Å². The number of aromatic nitrogens is 2. The highest BCUT2D eigenvalue weighted by Gasteiger charge is 2.17. The molecule has 0 saturated carbocycles. The van der Waals surface area contributed by atoms with Gasteiger partial charge in [-0.05, 0) is 6.42 Å². The molecule has 6 nitrogen and oxygen atoms in total. The summed E-state index contributed by atoms with van der Waals surface area (Å²) in [6.07, 6.45) is 2.05. The minimum Gasteiger partial charge on any atom is -0.301 e. The van der Waals surface area contributed by atoms with Crippen LogP contribution in [0.25, 0.3) is 0 Å². The molecule has 0 aliphatic heterocycles. The molecule has 0 atom stereocenters. The molecular formula is C7H10ClN3O3S2. The molecule has 1 heterocycles. The molecule has 1 amide bonds. The fourth-order valence-corrected chi connectivity index (χ4v) is 2.52. The van der Waals surface area contributed by atoms with Gasteiger partial charge in [0.1, 0.15) is 0 Å². The summed E-state index contributed by atoms with van der Waals surface area (Å²) in [4.78, 5) is 11.3. The molecule has 1 N–H and O–H groups in total. The molecule has 9 heteroatoms. The van der Waals surface area contributed by atoms with E-state index in [1.165, 1.54) is 0 Å². The largest absolute Gasteiger partial charge is 0.301 e. The number of amides is 1. The molecule has 0 saturated heterocycles. The first-order valence-electron chi connectivity index (χ1n) is 4.51. The van der Waals surface area contributed by atoms with Crippen LogP contribution in [-0.4, -0.2) is 24.5 Å². The molecule has 0 aromatic carbocycles. The third kappa shape index (κ3) is 4.03. The predicted molar refractivity (Wildman–Crippen MR) is 61.1 cm³/mol. The molecule has 1 aromatic rings. The first-order chi connectivity index (χ1) is 7.43. The normalized spacial score (nSPS) is 11.4. The van der Waals surface area contributed by atoms with Crippen molar-refractivity contribution < 1.29 is 13.2 Å². The maximum atomic E-state index is 11.3. The maximum Gasteiger partial charge on any atom is 0.290 e. The number of unbranched alkanes of at least 4 members (excludes halogenated alkanes) is 1. The Kier molecular flexibility index (Phi) is 4.63. The van der Waals surface area contributed by atoms with Crippen molar-refractivity contribution in [3.8, 4) is 0 Å². The van der Waals surface area contributed by atoms with Crippen LogP contribution in [0.5, 0.6) is 0 Å². The van der Waals surface area contributed by atoms with E-state index in [-0.39, 0.29) is 15.4 Å². The lowest BCUT2D eigenvalue weighted by Crippen LogP contribution is -2.10. The summed E-state index contributed by atoms with van der Waals surface area (Å²) in [5, 5.41) is 9.45. The lowest BCUT2D eigenvalue weighted by Gasteiger charge is -1.98. The zero-order valence-electron chi connectivity index (χ0n) is 8.43. The lowest BCUT2D eigenvalue weighted by molar-refractivity contribution is -0.116. The fourth-order valence-electron chi connectivity index (χ4n) is 0.878. The van der Waals surface area contributed by atoms with Crippen LogP contribution in [0.3, 0.4) is 0 Å². The summed E-state index contributed by atoms with van der Waals surface area (Å²) >= 11 is 0.728. The van der Waals surface area contributed by atoms with Gasteiger partial charge in [-0.2, -0.15) is 0 Å². The minimum absolute atomic E-state index is 0.139. The van der Waals surface area contributed by atoms with Crippen LogP contribution >= 0.6 is 22.0 Å². The molecule has 0 fully saturated rings. The van der Waals surface area contributed by atoms with Crippen molar-refractivity contribution >= 4 is 42.1 Å². The topological polar surface area (TPSA) is 89.0 Å². The highest BCUT2D eigenvalue weighted by Crippen LogP contribution is 2.22. The number of rotatable bonds is 5.